The van der Waals surface area contributed by atoms with Gasteiger partial charge < -0.3 is 4.31 Å². The van der Waals surface area contributed by atoms with Gasteiger partial charge in [0.15, 0.2) is 0 Å². The minimum Gasteiger partial charge on any atom is -0.314 e. The second-order valence-electron chi connectivity index (χ2n) is 3.27. The molecule has 0 spiro atoms. The normalized spacial score (nSPS) is 15.6. The lowest BCUT2D eigenvalue weighted by molar-refractivity contribution is 0.350. The van der Waals surface area contributed by atoms with Crippen molar-refractivity contribution in [2.45, 2.75) is 40.2 Å². The first-order valence-corrected chi connectivity index (χ1v) is 5.24. The van der Waals surface area contributed by atoms with Gasteiger partial charge in [0, 0.05) is 11.7 Å². The van der Waals surface area contributed by atoms with Crippen LogP contribution in [0, 0.1) is 0 Å². The molecule has 1 rings (SSSR count). The zero-order chi connectivity index (χ0) is 9.61. The molecular formula is C10H19NS. The molecule has 1 nitrogen and oxygen atoms in total. The molecule has 0 bridgehead atoms. The van der Waals surface area contributed by atoms with Crippen LogP contribution in [-0.4, -0.2) is 9.84 Å². The van der Waals surface area contributed by atoms with Gasteiger partial charge in [0.25, 0.3) is 0 Å². The monoisotopic (exact) mass is 185 g/mol. The Bertz CT molecular complexity index is 165. The summed E-state index contributed by atoms with van der Waals surface area (Å²) in [6.07, 6.45) is 6.21. The molecule has 0 unspecified atom stereocenters. The summed E-state index contributed by atoms with van der Waals surface area (Å²) in [6, 6.07) is 0. The van der Waals surface area contributed by atoms with E-state index < -0.39 is 0 Å². The molecule has 0 aromatic carbocycles. The zero-order valence-corrected chi connectivity index (χ0v) is 9.48. The van der Waals surface area contributed by atoms with Crippen LogP contribution in [0.25, 0.3) is 0 Å². The summed E-state index contributed by atoms with van der Waals surface area (Å²) in [6.45, 7) is 10.6. The number of allylic oxidation sites excluding steroid dienone is 2. The van der Waals surface area contributed by atoms with E-state index in [1.54, 1.807) is 11.9 Å². The number of hydrogen-bond donors (Lipinski definition) is 0. The first kappa shape index (κ1) is 11.6. The van der Waals surface area contributed by atoms with E-state index in [9.17, 15) is 0 Å². The number of rotatable bonds is 0. The topological polar surface area (TPSA) is 3.24 Å². The summed E-state index contributed by atoms with van der Waals surface area (Å²) < 4.78 is 2.23. The highest BCUT2D eigenvalue weighted by atomic mass is 32.2. The molecule has 1 aliphatic rings. The largest absolute Gasteiger partial charge is 0.314 e. The molecule has 1 aliphatic heterocycles. The van der Waals surface area contributed by atoms with Gasteiger partial charge in [-0.3, -0.25) is 0 Å². The third-order valence-corrected chi connectivity index (χ3v) is 2.42. The van der Waals surface area contributed by atoms with E-state index in [4.69, 9.17) is 0 Å². The Morgan fingerprint density at radius 2 is 1.67 bits per heavy atom. The number of nitrogens with zero attached hydrogens (tertiary/aromatic N) is 1. The molecule has 0 aliphatic carbocycles. The van der Waals surface area contributed by atoms with E-state index in [0.29, 0.717) is 0 Å². The van der Waals surface area contributed by atoms with E-state index in [2.05, 4.69) is 42.8 Å². The predicted molar refractivity (Wildman–Crippen MR) is 58.8 cm³/mol. The molecule has 70 valence electrons. The fourth-order valence-corrected chi connectivity index (χ4v) is 1.44. The number of hydrogen-bond acceptors (Lipinski definition) is 2. The van der Waals surface area contributed by atoms with E-state index in [-0.39, 0.29) is 5.54 Å². The van der Waals surface area contributed by atoms with Crippen molar-refractivity contribution in [1.82, 2.24) is 4.31 Å². The summed E-state index contributed by atoms with van der Waals surface area (Å²) in [4.78, 5) is 0. The summed E-state index contributed by atoms with van der Waals surface area (Å²) in [5.41, 5.74) is 0.228. The Labute approximate surface area is 80.7 Å². The molecule has 0 aromatic heterocycles. The second-order valence-corrected chi connectivity index (χ2v) is 4.15. The quantitative estimate of drug-likeness (QED) is 0.528. The third-order valence-electron chi connectivity index (χ3n) is 1.25. The highest BCUT2D eigenvalue weighted by Crippen LogP contribution is 2.26. The maximum absolute atomic E-state index is 2.23. The van der Waals surface area contributed by atoms with Crippen molar-refractivity contribution in [3.63, 3.8) is 0 Å². The summed E-state index contributed by atoms with van der Waals surface area (Å²) in [5.74, 6) is 0. The van der Waals surface area contributed by atoms with Gasteiger partial charge >= 0.3 is 0 Å². The molecule has 1 heterocycles. The van der Waals surface area contributed by atoms with Crippen LogP contribution in [0.15, 0.2) is 23.8 Å². The van der Waals surface area contributed by atoms with Gasteiger partial charge in [-0.05, 0) is 44.2 Å². The van der Waals surface area contributed by atoms with Crippen LogP contribution in [0.4, 0.5) is 0 Å². The Morgan fingerprint density at radius 1 is 1.08 bits per heavy atom. The van der Waals surface area contributed by atoms with Crippen LogP contribution in [0.3, 0.4) is 0 Å². The van der Waals surface area contributed by atoms with E-state index in [1.807, 2.05) is 19.9 Å². The van der Waals surface area contributed by atoms with Crippen molar-refractivity contribution in [3.05, 3.63) is 23.8 Å². The summed E-state index contributed by atoms with van der Waals surface area (Å²) in [5, 5.41) is 2.09. The SMILES string of the molecule is CC.CC(C)(C)N1C=CC=CS1. The van der Waals surface area contributed by atoms with Gasteiger partial charge in [0.1, 0.15) is 0 Å². The highest BCUT2D eigenvalue weighted by Gasteiger charge is 2.17. The van der Waals surface area contributed by atoms with Crippen molar-refractivity contribution in [3.8, 4) is 0 Å². The second kappa shape index (κ2) is 5.31. The van der Waals surface area contributed by atoms with Gasteiger partial charge in [-0.25, -0.2) is 0 Å². The molecule has 0 N–H and O–H groups in total. The van der Waals surface area contributed by atoms with Crippen molar-refractivity contribution >= 4 is 11.9 Å². The minimum atomic E-state index is 0.228. The minimum absolute atomic E-state index is 0.228. The average molecular weight is 185 g/mol. The lowest BCUT2D eigenvalue weighted by Gasteiger charge is -2.33. The van der Waals surface area contributed by atoms with Gasteiger partial charge in [-0.1, -0.05) is 19.9 Å². The molecule has 0 saturated carbocycles. The Hall–Kier alpha value is -0.370. The molecule has 12 heavy (non-hydrogen) atoms. The first-order chi connectivity index (χ1) is 5.61. The lowest BCUT2D eigenvalue weighted by Crippen LogP contribution is -2.31. The summed E-state index contributed by atoms with van der Waals surface area (Å²) in [7, 11) is 0. The smallest absolute Gasteiger partial charge is 0.0427 e. The Balaban J connectivity index is 0.000000561. The van der Waals surface area contributed by atoms with E-state index in [1.165, 1.54) is 0 Å². The average Bonchev–Trinajstić information content (AvgIpc) is 2.08. The van der Waals surface area contributed by atoms with Crippen LogP contribution in [-0.2, 0) is 0 Å². The fourth-order valence-electron chi connectivity index (χ4n) is 0.691. The van der Waals surface area contributed by atoms with Gasteiger partial charge in [0.2, 0.25) is 0 Å². The summed E-state index contributed by atoms with van der Waals surface area (Å²) >= 11 is 1.74. The van der Waals surface area contributed by atoms with Crippen molar-refractivity contribution < 1.29 is 0 Å². The lowest BCUT2D eigenvalue weighted by atomic mass is 10.1. The van der Waals surface area contributed by atoms with Gasteiger partial charge in [0.05, 0.1) is 0 Å². The van der Waals surface area contributed by atoms with Crippen LogP contribution in [0.2, 0.25) is 0 Å². The van der Waals surface area contributed by atoms with Crippen LogP contribution >= 0.6 is 11.9 Å². The van der Waals surface area contributed by atoms with E-state index in [0.717, 1.165) is 0 Å². The molecule has 0 saturated heterocycles. The van der Waals surface area contributed by atoms with Crippen molar-refractivity contribution in [2.75, 3.05) is 0 Å². The molecule has 0 radical (unpaired) electrons. The van der Waals surface area contributed by atoms with Crippen LogP contribution in [0.5, 0.6) is 0 Å². The molecular weight excluding hydrogens is 166 g/mol. The first-order valence-electron chi connectivity index (χ1n) is 4.40. The molecule has 0 aromatic rings. The van der Waals surface area contributed by atoms with Crippen LogP contribution < -0.4 is 0 Å². The maximum Gasteiger partial charge on any atom is 0.0427 e. The Morgan fingerprint density at radius 3 is 1.92 bits per heavy atom. The fraction of sp³-hybridized carbons (Fsp3) is 0.600. The third kappa shape index (κ3) is 3.86. The van der Waals surface area contributed by atoms with Crippen molar-refractivity contribution in [2.24, 2.45) is 0 Å². The standard InChI is InChI=1S/C8H13NS.C2H6/c1-8(2,3)9-6-4-5-7-10-9;1-2/h4-7H,1-3H3;1-2H3. The van der Waals surface area contributed by atoms with Gasteiger partial charge in [-0.2, -0.15) is 0 Å². The molecule has 0 fully saturated rings. The van der Waals surface area contributed by atoms with E-state index >= 15 is 0 Å². The maximum atomic E-state index is 2.23. The molecule has 0 atom stereocenters. The Kier molecular flexibility index (Phi) is 5.14. The predicted octanol–water partition coefficient (Wildman–Crippen LogP) is 3.80. The zero-order valence-electron chi connectivity index (χ0n) is 8.66. The van der Waals surface area contributed by atoms with Gasteiger partial charge in [-0.15, -0.1) is 0 Å². The van der Waals surface area contributed by atoms with Crippen LogP contribution in [0.1, 0.15) is 34.6 Å². The highest BCUT2D eigenvalue weighted by molar-refractivity contribution is 8.00. The van der Waals surface area contributed by atoms with Crippen molar-refractivity contribution in [1.29, 1.82) is 0 Å². The molecule has 0 amide bonds. The molecule has 2 heteroatoms.